The molecule has 0 nitrogen and oxygen atoms in total. The molecular weight excluding hydrogens is 264 g/mol. The van der Waals surface area contributed by atoms with Gasteiger partial charge in [-0.2, -0.15) is 0 Å². The summed E-state index contributed by atoms with van der Waals surface area (Å²) < 4.78 is 0. The van der Waals surface area contributed by atoms with Crippen LogP contribution in [-0.2, 0) is 0 Å². The first-order valence-corrected chi connectivity index (χ1v) is 9.59. The molecule has 0 radical (unpaired) electrons. The SMILES string of the molecule is CCCCC(CCC)c1ccc(C(CC(C)C)C(C)C)cc1. The molecule has 0 heterocycles. The molecule has 0 aliphatic rings. The zero-order chi connectivity index (χ0) is 16.5. The van der Waals surface area contributed by atoms with Gasteiger partial charge in [0.05, 0.1) is 0 Å². The summed E-state index contributed by atoms with van der Waals surface area (Å²) in [6.07, 6.45) is 7.93. The maximum Gasteiger partial charge on any atom is -0.0136 e. The highest BCUT2D eigenvalue weighted by Crippen LogP contribution is 2.33. The fraction of sp³-hybridized carbons (Fsp3) is 0.727. The maximum atomic E-state index is 2.42. The number of hydrogen-bond donors (Lipinski definition) is 0. The quantitative estimate of drug-likeness (QED) is 0.418. The minimum atomic E-state index is 0.703. The zero-order valence-corrected chi connectivity index (χ0v) is 15.9. The molecular formula is C22H38. The monoisotopic (exact) mass is 302 g/mol. The van der Waals surface area contributed by atoms with Gasteiger partial charge >= 0.3 is 0 Å². The van der Waals surface area contributed by atoms with Crippen molar-refractivity contribution in [3.63, 3.8) is 0 Å². The van der Waals surface area contributed by atoms with Gasteiger partial charge in [-0.25, -0.2) is 0 Å². The molecule has 0 fully saturated rings. The van der Waals surface area contributed by atoms with E-state index in [2.05, 4.69) is 65.8 Å². The van der Waals surface area contributed by atoms with E-state index in [0.717, 1.165) is 17.8 Å². The molecule has 0 heteroatoms. The van der Waals surface area contributed by atoms with Gasteiger partial charge in [-0.1, -0.05) is 85.1 Å². The van der Waals surface area contributed by atoms with E-state index in [1.54, 1.807) is 5.56 Å². The van der Waals surface area contributed by atoms with Crippen molar-refractivity contribution in [2.45, 2.75) is 91.9 Å². The first-order chi connectivity index (χ1) is 10.5. The summed E-state index contributed by atoms with van der Waals surface area (Å²) in [5.41, 5.74) is 3.10. The van der Waals surface area contributed by atoms with Gasteiger partial charge in [0.2, 0.25) is 0 Å². The van der Waals surface area contributed by atoms with E-state index in [1.807, 2.05) is 0 Å². The van der Waals surface area contributed by atoms with Crippen LogP contribution in [0.3, 0.4) is 0 Å². The molecule has 0 spiro atoms. The minimum Gasteiger partial charge on any atom is -0.0654 e. The lowest BCUT2D eigenvalue weighted by atomic mass is 9.81. The molecule has 2 unspecified atom stereocenters. The Labute approximate surface area is 139 Å². The molecule has 0 amide bonds. The van der Waals surface area contributed by atoms with Crippen LogP contribution in [0.2, 0.25) is 0 Å². The molecule has 0 N–H and O–H groups in total. The molecule has 126 valence electrons. The molecule has 0 saturated heterocycles. The van der Waals surface area contributed by atoms with Gasteiger partial charge < -0.3 is 0 Å². The maximum absolute atomic E-state index is 2.42. The van der Waals surface area contributed by atoms with E-state index in [0.29, 0.717) is 5.92 Å². The van der Waals surface area contributed by atoms with E-state index >= 15 is 0 Å². The second kappa shape index (κ2) is 10.1. The standard InChI is InChI=1S/C22H38/c1-7-9-11-19(10-8-2)20-12-14-21(15-13-20)22(18(5)6)16-17(3)4/h12-15,17-19,22H,7-11,16H2,1-6H3. The van der Waals surface area contributed by atoms with E-state index in [-0.39, 0.29) is 0 Å². The summed E-state index contributed by atoms with van der Waals surface area (Å²) >= 11 is 0. The fourth-order valence-corrected chi connectivity index (χ4v) is 3.59. The topological polar surface area (TPSA) is 0 Å². The highest BCUT2D eigenvalue weighted by atomic mass is 14.2. The summed E-state index contributed by atoms with van der Waals surface area (Å²) in [5.74, 6) is 2.96. The fourth-order valence-electron chi connectivity index (χ4n) is 3.59. The van der Waals surface area contributed by atoms with E-state index in [9.17, 15) is 0 Å². The Bertz CT molecular complexity index is 385. The smallest absolute Gasteiger partial charge is 0.0136 e. The average Bonchev–Trinajstić information content (AvgIpc) is 2.49. The second-order valence-corrected chi connectivity index (χ2v) is 7.77. The van der Waals surface area contributed by atoms with E-state index in [1.165, 1.54) is 44.1 Å². The van der Waals surface area contributed by atoms with Gasteiger partial charge in [0.15, 0.2) is 0 Å². The van der Waals surface area contributed by atoms with Gasteiger partial charge in [0, 0.05) is 0 Å². The average molecular weight is 303 g/mol. The molecule has 1 aromatic carbocycles. The number of hydrogen-bond acceptors (Lipinski definition) is 0. The number of benzene rings is 1. The summed E-state index contributed by atoms with van der Waals surface area (Å²) in [6.45, 7) is 14.0. The van der Waals surface area contributed by atoms with Gasteiger partial charge in [-0.15, -0.1) is 0 Å². The lowest BCUT2D eigenvalue weighted by Gasteiger charge is -2.24. The Balaban J connectivity index is 2.85. The Hall–Kier alpha value is -0.780. The molecule has 0 aliphatic heterocycles. The summed E-state index contributed by atoms with van der Waals surface area (Å²) in [4.78, 5) is 0. The van der Waals surface area contributed by atoms with Crippen LogP contribution in [0, 0.1) is 11.8 Å². The normalized spacial score (nSPS) is 14.5. The van der Waals surface area contributed by atoms with Crippen LogP contribution in [0.5, 0.6) is 0 Å². The molecule has 1 aromatic rings. The summed E-state index contributed by atoms with van der Waals surface area (Å²) in [7, 11) is 0. The zero-order valence-electron chi connectivity index (χ0n) is 15.9. The highest BCUT2D eigenvalue weighted by Gasteiger charge is 2.18. The molecule has 2 atom stereocenters. The van der Waals surface area contributed by atoms with Crippen LogP contribution in [0.1, 0.15) is 103 Å². The van der Waals surface area contributed by atoms with Crippen molar-refractivity contribution in [2.24, 2.45) is 11.8 Å². The van der Waals surface area contributed by atoms with Crippen LogP contribution in [0.25, 0.3) is 0 Å². The van der Waals surface area contributed by atoms with E-state index in [4.69, 9.17) is 0 Å². The van der Waals surface area contributed by atoms with Gasteiger partial charge in [-0.05, 0) is 54.1 Å². The van der Waals surface area contributed by atoms with Gasteiger partial charge in [0.1, 0.15) is 0 Å². The number of rotatable bonds is 10. The summed E-state index contributed by atoms with van der Waals surface area (Å²) in [5, 5.41) is 0. The van der Waals surface area contributed by atoms with Crippen LogP contribution in [-0.4, -0.2) is 0 Å². The van der Waals surface area contributed by atoms with Crippen molar-refractivity contribution >= 4 is 0 Å². The number of unbranched alkanes of at least 4 members (excludes halogenated alkanes) is 1. The first kappa shape index (κ1) is 19.3. The van der Waals surface area contributed by atoms with Crippen LogP contribution >= 0.6 is 0 Å². The van der Waals surface area contributed by atoms with Crippen LogP contribution in [0.4, 0.5) is 0 Å². The van der Waals surface area contributed by atoms with Crippen molar-refractivity contribution in [1.29, 1.82) is 0 Å². The van der Waals surface area contributed by atoms with Crippen LogP contribution in [0.15, 0.2) is 24.3 Å². The molecule has 0 bridgehead atoms. The lowest BCUT2D eigenvalue weighted by Crippen LogP contribution is -2.10. The van der Waals surface area contributed by atoms with Crippen molar-refractivity contribution in [2.75, 3.05) is 0 Å². The predicted molar refractivity (Wildman–Crippen MR) is 101 cm³/mol. The van der Waals surface area contributed by atoms with Crippen molar-refractivity contribution in [3.05, 3.63) is 35.4 Å². The highest BCUT2D eigenvalue weighted by molar-refractivity contribution is 5.28. The third kappa shape index (κ3) is 6.15. The van der Waals surface area contributed by atoms with E-state index < -0.39 is 0 Å². The van der Waals surface area contributed by atoms with Gasteiger partial charge in [-0.3, -0.25) is 0 Å². The molecule has 0 aliphatic carbocycles. The van der Waals surface area contributed by atoms with Crippen molar-refractivity contribution in [3.8, 4) is 0 Å². The molecule has 0 aromatic heterocycles. The Morgan fingerprint density at radius 3 is 1.82 bits per heavy atom. The molecule has 1 rings (SSSR count). The summed E-state index contributed by atoms with van der Waals surface area (Å²) in [6, 6.07) is 9.66. The Morgan fingerprint density at radius 1 is 0.773 bits per heavy atom. The van der Waals surface area contributed by atoms with Crippen molar-refractivity contribution in [1.82, 2.24) is 0 Å². The second-order valence-electron chi connectivity index (χ2n) is 7.77. The molecule has 22 heavy (non-hydrogen) atoms. The van der Waals surface area contributed by atoms with Crippen LogP contribution < -0.4 is 0 Å². The molecule has 0 saturated carbocycles. The van der Waals surface area contributed by atoms with Crippen molar-refractivity contribution < 1.29 is 0 Å². The minimum absolute atomic E-state index is 0.703. The predicted octanol–water partition coefficient (Wildman–Crippen LogP) is 7.55. The Kier molecular flexibility index (Phi) is 8.83. The largest absolute Gasteiger partial charge is 0.0654 e. The third-order valence-corrected chi connectivity index (χ3v) is 4.91. The lowest BCUT2D eigenvalue weighted by molar-refractivity contribution is 0.407. The third-order valence-electron chi connectivity index (χ3n) is 4.91. The Morgan fingerprint density at radius 2 is 1.36 bits per heavy atom. The first-order valence-electron chi connectivity index (χ1n) is 9.59. The van der Waals surface area contributed by atoms with Gasteiger partial charge in [0.25, 0.3) is 0 Å².